The van der Waals surface area contributed by atoms with Gasteiger partial charge in [-0.1, -0.05) is 34.4 Å². The minimum absolute atomic E-state index is 0.0684. The van der Waals surface area contributed by atoms with Crippen molar-refractivity contribution in [2.75, 3.05) is 11.4 Å². The van der Waals surface area contributed by atoms with Crippen molar-refractivity contribution in [2.45, 2.75) is 50.4 Å². The molecule has 10 heteroatoms. The van der Waals surface area contributed by atoms with Crippen LogP contribution in [0.5, 0.6) is 0 Å². The third-order valence-corrected chi connectivity index (χ3v) is 7.88. The molecular weight excluding hydrogens is 479 g/mol. The van der Waals surface area contributed by atoms with Gasteiger partial charge in [-0.2, -0.15) is 5.10 Å². The van der Waals surface area contributed by atoms with Gasteiger partial charge in [-0.05, 0) is 37.8 Å². The Labute approximate surface area is 206 Å². The fraction of sp³-hybridized carbons (Fsp3) is 0.458. The second kappa shape index (κ2) is 8.29. The number of carboxylic acid groups (broad SMARTS) is 1. The molecule has 178 valence electrons. The molecule has 3 atom stereocenters. The van der Waals surface area contributed by atoms with Gasteiger partial charge in [0.15, 0.2) is 5.69 Å². The van der Waals surface area contributed by atoms with Gasteiger partial charge in [0.25, 0.3) is 0 Å². The molecule has 8 nitrogen and oxygen atoms in total. The molecule has 1 N–H and O–H groups in total. The Bertz CT molecular complexity index is 1250. The molecule has 1 aliphatic heterocycles. The number of carboxylic acids is 1. The number of piperidine rings is 1. The minimum atomic E-state index is -1.01. The Hall–Kier alpha value is -2.55. The predicted molar refractivity (Wildman–Crippen MR) is 127 cm³/mol. The number of carbonyl (C=O) groups is 1. The van der Waals surface area contributed by atoms with Gasteiger partial charge in [0.2, 0.25) is 0 Å². The summed E-state index contributed by atoms with van der Waals surface area (Å²) >= 11 is 12.9. The molecule has 3 fully saturated rings. The monoisotopic (exact) mass is 502 g/mol. The molecule has 3 aromatic rings. The van der Waals surface area contributed by atoms with Gasteiger partial charge in [-0.3, -0.25) is 4.68 Å². The highest BCUT2D eigenvalue weighted by atomic mass is 35.5. The van der Waals surface area contributed by atoms with E-state index >= 15 is 0 Å². The first-order valence-corrected chi connectivity index (χ1v) is 12.2. The van der Waals surface area contributed by atoms with Crippen LogP contribution in [0.25, 0.3) is 11.3 Å². The zero-order chi connectivity index (χ0) is 23.6. The fourth-order valence-corrected chi connectivity index (χ4v) is 6.04. The lowest BCUT2D eigenvalue weighted by molar-refractivity contribution is 0.0121. The van der Waals surface area contributed by atoms with E-state index in [1.807, 2.05) is 6.07 Å². The number of anilines is 1. The van der Waals surface area contributed by atoms with Gasteiger partial charge in [0.1, 0.15) is 17.3 Å². The van der Waals surface area contributed by atoms with E-state index in [0.29, 0.717) is 45.8 Å². The third kappa shape index (κ3) is 3.68. The second-order valence-corrected chi connectivity index (χ2v) is 10.3. The number of halogens is 2. The van der Waals surface area contributed by atoms with Gasteiger partial charge >= 0.3 is 5.97 Å². The molecule has 3 aliphatic rings. The number of hydrogen-bond acceptors (Lipinski definition) is 6. The van der Waals surface area contributed by atoms with Crippen molar-refractivity contribution in [2.24, 2.45) is 13.0 Å². The number of aryl methyl sites for hydroxylation is 1. The molecule has 0 amide bonds. The lowest BCUT2D eigenvalue weighted by atomic mass is 10.0. The van der Waals surface area contributed by atoms with Crippen molar-refractivity contribution in [3.63, 3.8) is 0 Å². The van der Waals surface area contributed by atoms with Gasteiger partial charge in [-0.15, -0.1) is 0 Å². The highest BCUT2D eigenvalue weighted by molar-refractivity contribution is 6.39. The maximum absolute atomic E-state index is 11.3. The number of benzene rings is 1. The molecular formula is C24H24Cl2N4O4. The Morgan fingerprint density at radius 3 is 2.65 bits per heavy atom. The Balaban J connectivity index is 1.19. The number of fused-ring (bicyclic) bond motifs is 2. The molecule has 3 heterocycles. The first-order valence-electron chi connectivity index (χ1n) is 11.5. The normalized spacial score (nSPS) is 23.7. The van der Waals surface area contributed by atoms with Crippen molar-refractivity contribution in [3.05, 3.63) is 51.3 Å². The van der Waals surface area contributed by atoms with Crippen LogP contribution >= 0.6 is 23.2 Å². The van der Waals surface area contributed by atoms with E-state index in [0.717, 1.165) is 49.4 Å². The Morgan fingerprint density at radius 2 is 2.03 bits per heavy atom. The third-order valence-electron chi connectivity index (χ3n) is 7.25. The van der Waals surface area contributed by atoms with E-state index in [1.165, 1.54) is 0 Å². The van der Waals surface area contributed by atoms with Crippen LogP contribution in [-0.4, -0.2) is 44.7 Å². The first kappa shape index (κ1) is 21.9. The van der Waals surface area contributed by atoms with Crippen LogP contribution in [0.1, 0.15) is 53.4 Å². The zero-order valence-electron chi connectivity index (χ0n) is 18.6. The molecule has 0 radical (unpaired) electrons. The molecule has 0 spiro atoms. The lowest BCUT2D eigenvalue weighted by Crippen LogP contribution is -2.39. The second-order valence-electron chi connectivity index (χ2n) is 9.45. The fourth-order valence-electron chi connectivity index (χ4n) is 5.46. The van der Waals surface area contributed by atoms with Crippen LogP contribution in [0.3, 0.4) is 0 Å². The van der Waals surface area contributed by atoms with Crippen LogP contribution < -0.4 is 4.90 Å². The van der Waals surface area contributed by atoms with E-state index in [9.17, 15) is 9.90 Å². The number of rotatable bonds is 7. The van der Waals surface area contributed by atoms with Crippen LogP contribution in [0.2, 0.25) is 10.0 Å². The van der Waals surface area contributed by atoms with E-state index in [1.54, 1.807) is 29.9 Å². The SMILES string of the molecule is Cn1nc(C(=O)O)cc1N1C[C@@H]2C[C@H]1C[C@H]2OCc1c(-c2c(Cl)cccc2Cl)noc1C1CC1. The summed E-state index contributed by atoms with van der Waals surface area (Å²) in [5.41, 5.74) is 2.36. The molecule has 2 saturated carbocycles. The smallest absolute Gasteiger partial charge is 0.356 e. The molecule has 34 heavy (non-hydrogen) atoms. The summed E-state index contributed by atoms with van der Waals surface area (Å²) in [5, 5.41) is 18.8. The number of hydrogen-bond donors (Lipinski definition) is 1. The van der Waals surface area contributed by atoms with Gasteiger partial charge in [-0.25, -0.2) is 4.79 Å². The quantitative estimate of drug-likeness (QED) is 0.477. The summed E-state index contributed by atoms with van der Waals surface area (Å²) in [7, 11) is 1.79. The lowest BCUT2D eigenvalue weighted by Gasteiger charge is -2.32. The maximum atomic E-state index is 11.3. The molecule has 2 bridgehead atoms. The number of aromatic nitrogens is 3. The van der Waals surface area contributed by atoms with E-state index in [4.69, 9.17) is 32.5 Å². The molecule has 2 aromatic heterocycles. The summed E-state index contributed by atoms with van der Waals surface area (Å²) in [6, 6.07) is 7.37. The number of aromatic carboxylic acids is 1. The molecule has 1 saturated heterocycles. The largest absolute Gasteiger partial charge is 0.476 e. The zero-order valence-corrected chi connectivity index (χ0v) is 20.1. The van der Waals surface area contributed by atoms with Crippen LogP contribution in [0, 0.1) is 5.92 Å². The van der Waals surface area contributed by atoms with Crippen molar-refractivity contribution in [1.82, 2.24) is 14.9 Å². The summed E-state index contributed by atoms with van der Waals surface area (Å²) in [5.74, 6) is 1.46. The highest BCUT2D eigenvalue weighted by Gasteiger charge is 2.46. The summed E-state index contributed by atoms with van der Waals surface area (Å²) in [6.07, 6.45) is 4.18. The van der Waals surface area contributed by atoms with Crippen molar-refractivity contribution in [1.29, 1.82) is 0 Å². The first-order chi connectivity index (χ1) is 16.4. The number of ether oxygens (including phenoxy) is 1. The predicted octanol–water partition coefficient (Wildman–Crippen LogP) is 5.14. The minimum Gasteiger partial charge on any atom is -0.476 e. The van der Waals surface area contributed by atoms with Gasteiger partial charge < -0.3 is 19.3 Å². The van der Waals surface area contributed by atoms with Crippen LogP contribution in [0.15, 0.2) is 28.8 Å². The average molecular weight is 503 g/mol. The van der Waals surface area contributed by atoms with Crippen molar-refractivity contribution >= 4 is 35.0 Å². The van der Waals surface area contributed by atoms with Crippen molar-refractivity contribution in [3.8, 4) is 11.3 Å². The highest BCUT2D eigenvalue weighted by Crippen LogP contribution is 2.47. The van der Waals surface area contributed by atoms with Crippen molar-refractivity contribution < 1.29 is 19.2 Å². The summed E-state index contributed by atoms with van der Waals surface area (Å²) in [4.78, 5) is 13.6. The molecule has 1 aromatic carbocycles. The maximum Gasteiger partial charge on any atom is 0.356 e. The molecule has 0 unspecified atom stereocenters. The molecule has 2 aliphatic carbocycles. The standard InChI is InChI=1S/C24H24Cl2N4O4/c1-29-20(9-18(27-29)24(31)32)30-10-13-7-14(30)8-19(13)33-11-15-22(28-34-23(15)12-5-6-12)21-16(25)3-2-4-17(21)26/h2-4,9,12-14,19H,5-8,10-11H2,1H3,(H,31,32)/t13-,14-,19+/m0/s1. The summed E-state index contributed by atoms with van der Waals surface area (Å²) < 4.78 is 13.9. The molecule has 6 rings (SSSR count). The number of nitrogens with zero attached hydrogens (tertiary/aromatic N) is 4. The van der Waals surface area contributed by atoms with Crippen LogP contribution in [-0.2, 0) is 18.4 Å². The summed E-state index contributed by atoms with van der Waals surface area (Å²) in [6.45, 7) is 1.21. The average Bonchev–Trinajstić information content (AvgIpc) is 3.11. The van der Waals surface area contributed by atoms with Gasteiger partial charge in [0.05, 0.1) is 22.8 Å². The van der Waals surface area contributed by atoms with Gasteiger partial charge in [0, 0.05) is 48.7 Å². The topological polar surface area (TPSA) is 93.6 Å². The van der Waals surface area contributed by atoms with Crippen LogP contribution in [0.4, 0.5) is 5.82 Å². The Morgan fingerprint density at radius 1 is 1.26 bits per heavy atom. The van der Waals surface area contributed by atoms with E-state index in [-0.39, 0.29) is 11.8 Å². The van der Waals surface area contributed by atoms with E-state index < -0.39 is 5.97 Å². The Kier molecular flexibility index (Phi) is 5.35. The van der Waals surface area contributed by atoms with E-state index in [2.05, 4.69) is 15.2 Å².